The fraction of sp³-hybridized carbons (Fsp3) is 0.435. The summed E-state index contributed by atoms with van der Waals surface area (Å²) in [5, 5.41) is 11.7. The number of pyridine rings is 1. The molecule has 3 aromatic heterocycles. The van der Waals surface area contributed by atoms with E-state index in [1.165, 1.54) is 4.68 Å². The zero-order valence-electron chi connectivity index (χ0n) is 19.3. The average Bonchev–Trinajstić information content (AvgIpc) is 3.33. The first-order valence-corrected chi connectivity index (χ1v) is 11.1. The van der Waals surface area contributed by atoms with Crippen molar-refractivity contribution < 1.29 is 19.1 Å². The van der Waals surface area contributed by atoms with Gasteiger partial charge in [0.1, 0.15) is 11.7 Å². The van der Waals surface area contributed by atoms with Gasteiger partial charge in [0.25, 0.3) is 11.8 Å². The molecule has 0 radical (unpaired) electrons. The Hall–Kier alpha value is -3.89. The molecule has 0 aromatic carbocycles. The standard InChI is InChI=1S/C23H27N7O4/c1-13-17(11-26-30(13)15-4-5-19(33-3)25-10-15)21(32)27-14-6-23(7-14)8-16(9-23)34-22-18(20(24)31)12-29(2)28-22/h4-5,10-12,14,16H,6-9H2,1-3H3,(H2,24,31)(H,27,32)/t14-,16-,23?. The van der Waals surface area contributed by atoms with Crippen LogP contribution >= 0.6 is 0 Å². The Morgan fingerprint density at radius 1 is 1.18 bits per heavy atom. The number of amides is 2. The van der Waals surface area contributed by atoms with Crippen LogP contribution in [0.3, 0.4) is 0 Å². The molecule has 0 bridgehead atoms. The highest BCUT2D eigenvalue weighted by Gasteiger charge is 2.54. The van der Waals surface area contributed by atoms with E-state index in [0.29, 0.717) is 22.9 Å². The molecule has 0 aliphatic heterocycles. The minimum absolute atomic E-state index is 0.00299. The molecule has 11 heteroatoms. The Balaban J connectivity index is 1.14. The molecule has 34 heavy (non-hydrogen) atoms. The lowest BCUT2D eigenvalue weighted by Crippen LogP contribution is -2.58. The molecule has 178 valence electrons. The zero-order chi connectivity index (χ0) is 24.0. The van der Waals surface area contributed by atoms with Gasteiger partial charge in [-0.25, -0.2) is 9.67 Å². The van der Waals surface area contributed by atoms with Crippen molar-refractivity contribution in [2.24, 2.45) is 18.2 Å². The molecule has 1 spiro atoms. The van der Waals surface area contributed by atoms with E-state index in [2.05, 4.69) is 20.5 Å². The molecule has 11 nitrogen and oxygen atoms in total. The molecule has 3 aromatic rings. The number of methoxy groups -OCH3 is 1. The smallest absolute Gasteiger partial charge is 0.255 e. The number of rotatable bonds is 7. The summed E-state index contributed by atoms with van der Waals surface area (Å²) in [6.45, 7) is 1.86. The summed E-state index contributed by atoms with van der Waals surface area (Å²) in [6.07, 6.45) is 8.35. The van der Waals surface area contributed by atoms with Crippen molar-refractivity contribution in [3.8, 4) is 17.4 Å². The van der Waals surface area contributed by atoms with E-state index in [1.807, 2.05) is 13.0 Å². The van der Waals surface area contributed by atoms with Gasteiger partial charge in [-0.05, 0) is 44.1 Å². The quantitative estimate of drug-likeness (QED) is 0.539. The number of nitrogens with one attached hydrogen (secondary N) is 1. The van der Waals surface area contributed by atoms with Gasteiger partial charge in [0.15, 0.2) is 0 Å². The highest BCUT2D eigenvalue weighted by atomic mass is 16.5. The summed E-state index contributed by atoms with van der Waals surface area (Å²) < 4.78 is 14.2. The van der Waals surface area contributed by atoms with Gasteiger partial charge in [-0.3, -0.25) is 14.3 Å². The summed E-state index contributed by atoms with van der Waals surface area (Å²) in [5.41, 5.74) is 7.92. The zero-order valence-corrected chi connectivity index (χ0v) is 19.3. The fourth-order valence-electron chi connectivity index (χ4n) is 5.07. The molecule has 2 fully saturated rings. The van der Waals surface area contributed by atoms with Crippen molar-refractivity contribution >= 4 is 11.8 Å². The van der Waals surface area contributed by atoms with Crippen molar-refractivity contribution in [1.29, 1.82) is 0 Å². The van der Waals surface area contributed by atoms with Crippen molar-refractivity contribution in [2.75, 3.05) is 7.11 Å². The normalized spacial score (nSPS) is 23.1. The number of carbonyl (C=O) groups excluding carboxylic acids is 2. The lowest BCUT2D eigenvalue weighted by atomic mass is 9.53. The maximum Gasteiger partial charge on any atom is 0.255 e. The number of primary amides is 1. The molecule has 0 saturated heterocycles. The number of aromatic nitrogens is 5. The topological polar surface area (TPSA) is 139 Å². The molecule has 2 saturated carbocycles. The predicted molar refractivity (Wildman–Crippen MR) is 121 cm³/mol. The Labute approximate surface area is 196 Å². The van der Waals surface area contributed by atoms with Gasteiger partial charge < -0.3 is 20.5 Å². The first kappa shape index (κ1) is 21.9. The third kappa shape index (κ3) is 3.87. The number of hydrogen-bond acceptors (Lipinski definition) is 7. The predicted octanol–water partition coefficient (Wildman–Crippen LogP) is 1.54. The molecule has 2 aliphatic carbocycles. The highest BCUT2D eigenvalue weighted by Crippen LogP contribution is 2.56. The minimum atomic E-state index is -0.551. The van der Waals surface area contributed by atoms with Crippen LogP contribution < -0.4 is 20.5 Å². The van der Waals surface area contributed by atoms with Gasteiger partial charge in [0, 0.05) is 25.4 Å². The Bertz CT molecular complexity index is 1230. The lowest BCUT2D eigenvalue weighted by molar-refractivity contribution is -0.0849. The third-order valence-electron chi connectivity index (χ3n) is 6.78. The van der Waals surface area contributed by atoms with E-state index in [1.54, 1.807) is 43.5 Å². The molecule has 0 atom stereocenters. The van der Waals surface area contributed by atoms with Gasteiger partial charge in [0.2, 0.25) is 11.8 Å². The second kappa shape index (κ2) is 8.15. The van der Waals surface area contributed by atoms with Crippen LogP contribution in [0.15, 0.2) is 30.7 Å². The largest absolute Gasteiger partial charge is 0.481 e. The van der Waals surface area contributed by atoms with Gasteiger partial charge in [0.05, 0.1) is 36.4 Å². The Morgan fingerprint density at radius 3 is 2.59 bits per heavy atom. The molecule has 2 amide bonds. The van der Waals surface area contributed by atoms with Crippen LogP contribution in [-0.2, 0) is 7.05 Å². The summed E-state index contributed by atoms with van der Waals surface area (Å²) in [5.74, 6) is 0.128. The van der Waals surface area contributed by atoms with E-state index in [-0.39, 0.29) is 23.5 Å². The first-order chi connectivity index (χ1) is 16.3. The number of nitrogens with zero attached hydrogens (tertiary/aromatic N) is 5. The van der Waals surface area contributed by atoms with Crippen LogP contribution in [0.25, 0.3) is 5.69 Å². The van der Waals surface area contributed by atoms with Crippen LogP contribution in [0, 0.1) is 12.3 Å². The van der Waals surface area contributed by atoms with Crippen molar-refractivity contribution in [1.82, 2.24) is 29.9 Å². The third-order valence-corrected chi connectivity index (χ3v) is 6.78. The Kier molecular flexibility index (Phi) is 5.26. The van der Waals surface area contributed by atoms with Crippen LogP contribution in [-0.4, -0.2) is 55.6 Å². The van der Waals surface area contributed by atoms with E-state index in [0.717, 1.165) is 37.1 Å². The van der Waals surface area contributed by atoms with E-state index >= 15 is 0 Å². The van der Waals surface area contributed by atoms with Crippen LogP contribution in [0.1, 0.15) is 52.1 Å². The summed E-state index contributed by atoms with van der Waals surface area (Å²) in [4.78, 5) is 28.6. The van der Waals surface area contributed by atoms with E-state index in [9.17, 15) is 9.59 Å². The molecule has 2 aliphatic rings. The molecule has 0 unspecified atom stereocenters. The highest BCUT2D eigenvalue weighted by molar-refractivity contribution is 5.95. The van der Waals surface area contributed by atoms with Gasteiger partial charge in [-0.15, -0.1) is 5.10 Å². The molecular formula is C23H27N7O4. The molecule has 3 N–H and O–H groups in total. The van der Waals surface area contributed by atoms with Gasteiger partial charge in [-0.1, -0.05) is 0 Å². The maximum atomic E-state index is 12.9. The number of carbonyl (C=O) groups is 2. The van der Waals surface area contributed by atoms with Gasteiger partial charge in [-0.2, -0.15) is 5.10 Å². The maximum absolute atomic E-state index is 12.9. The number of hydrogen-bond donors (Lipinski definition) is 2. The number of ether oxygens (including phenoxy) is 2. The van der Waals surface area contributed by atoms with Gasteiger partial charge >= 0.3 is 0 Å². The molecule has 3 heterocycles. The first-order valence-electron chi connectivity index (χ1n) is 11.1. The van der Waals surface area contributed by atoms with Crippen molar-refractivity contribution in [3.05, 3.63) is 47.5 Å². The summed E-state index contributed by atoms with van der Waals surface area (Å²) in [7, 11) is 3.28. The van der Waals surface area contributed by atoms with Crippen molar-refractivity contribution in [3.63, 3.8) is 0 Å². The average molecular weight is 466 g/mol. The fourth-order valence-corrected chi connectivity index (χ4v) is 5.07. The molecular weight excluding hydrogens is 438 g/mol. The monoisotopic (exact) mass is 465 g/mol. The second-order valence-corrected chi connectivity index (χ2v) is 9.23. The summed E-state index contributed by atoms with van der Waals surface area (Å²) in [6, 6.07) is 3.72. The molecule has 5 rings (SSSR count). The lowest BCUT2D eigenvalue weighted by Gasteiger charge is -2.57. The second-order valence-electron chi connectivity index (χ2n) is 9.23. The van der Waals surface area contributed by atoms with E-state index < -0.39 is 5.91 Å². The summed E-state index contributed by atoms with van der Waals surface area (Å²) >= 11 is 0. The van der Waals surface area contributed by atoms with Crippen LogP contribution in [0.4, 0.5) is 0 Å². The number of nitrogens with two attached hydrogens (primary N) is 1. The van der Waals surface area contributed by atoms with Crippen LogP contribution in [0.2, 0.25) is 0 Å². The van der Waals surface area contributed by atoms with E-state index in [4.69, 9.17) is 15.2 Å². The minimum Gasteiger partial charge on any atom is -0.481 e. The van der Waals surface area contributed by atoms with Crippen molar-refractivity contribution in [2.45, 2.75) is 44.8 Å². The Morgan fingerprint density at radius 2 is 1.94 bits per heavy atom. The number of aryl methyl sites for hydroxylation is 1. The SMILES string of the molecule is COc1ccc(-n2ncc(C(=O)N[C@H]3CC4(C3)C[C@H](Oc3nn(C)cc3C(N)=O)C4)c2C)cn1. The van der Waals surface area contributed by atoms with Crippen LogP contribution in [0.5, 0.6) is 11.8 Å².